The van der Waals surface area contributed by atoms with Crippen molar-refractivity contribution >= 4 is 11.2 Å². The predicted molar refractivity (Wildman–Crippen MR) is 84.1 cm³/mol. The van der Waals surface area contributed by atoms with Gasteiger partial charge < -0.3 is 4.98 Å². The van der Waals surface area contributed by atoms with Crippen LogP contribution in [-0.2, 0) is 7.05 Å². The fourth-order valence-corrected chi connectivity index (χ4v) is 2.68. The second-order valence-corrected chi connectivity index (χ2v) is 5.15. The first-order chi connectivity index (χ1) is 10.8. The van der Waals surface area contributed by atoms with Gasteiger partial charge in [0.2, 0.25) is 0 Å². The Bertz CT molecular complexity index is 966. The molecule has 0 saturated carbocycles. The second kappa shape index (κ2) is 4.77. The van der Waals surface area contributed by atoms with Gasteiger partial charge in [-0.25, -0.2) is 9.97 Å². The summed E-state index contributed by atoms with van der Waals surface area (Å²) in [6.07, 6.45) is 8.99. The molecule has 0 fully saturated rings. The number of hydrogen-bond donors (Lipinski definition) is 1. The van der Waals surface area contributed by atoms with Crippen LogP contribution in [0.2, 0.25) is 0 Å². The van der Waals surface area contributed by atoms with Gasteiger partial charge in [0, 0.05) is 48.0 Å². The van der Waals surface area contributed by atoms with E-state index in [1.807, 2.05) is 36.3 Å². The predicted octanol–water partition coefficient (Wildman–Crippen LogP) is 2.73. The Morgan fingerprint density at radius 1 is 0.955 bits per heavy atom. The molecular formula is C16H14N6. The van der Waals surface area contributed by atoms with Crippen LogP contribution in [0.3, 0.4) is 0 Å². The lowest BCUT2D eigenvalue weighted by atomic mass is 9.97. The van der Waals surface area contributed by atoms with Gasteiger partial charge in [-0.1, -0.05) is 0 Å². The van der Waals surface area contributed by atoms with Crippen molar-refractivity contribution in [3.63, 3.8) is 0 Å². The van der Waals surface area contributed by atoms with Crippen molar-refractivity contribution in [1.82, 2.24) is 29.7 Å². The molecule has 4 heterocycles. The number of aryl methyl sites for hydroxylation is 1. The van der Waals surface area contributed by atoms with Gasteiger partial charge in [-0.3, -0.25) is 9.67 Å². The molecule has 4 rings (SSSR count). The van der Waals surface area contributed by atoms with E-state index in [0.717, 1.165) is 33.5 Å². The van der Waals surface area contributed by atoms with Crippen molar-refractivity contribution in [3.05, 3.63) is 48.9 Å². The molecule has 0 atom stereocenters. The Kier molecular flexibility index (Phi) is 2.75. The van der Waals surface area contributed by atoms with Crippen LogP contribution in [0.15, 0.2) is 43.2 Å². The molecule has 0 aliphatic carbocycles. The molecule has 1 N–H and O–H groups in total. The van der Waals surface area contributed by atoms with Gasteiger partial charge in [0.1, 0.15) is 0 Å². The third-order valence-electron chi connectivity index (χ3n) is 3.96. The second-order valence-electron chi connectivity index (χ2n) is 5.15. The van der Waals surface area contributed by atoms with E-state index >= 15 is 0 Å². The van der Waals surface area contributed by atoms with Gasteiger partial charge >= 0.3 is 0 Å². The summed E-state index contributed by atoms with van der Waals surface area (Å²) in [6.45, 7) is 2.05. The average Bonchev–Trinajstić information content (AvgIpc) is 3.15. The number of imidazole rings is 1. The van der Waals surface area contributed by atoms with Crippen LogP contribution in [0.5, 0.6) is 0 Å². The highest BCUT2D eigenvalue weighted by molar-refractivity contribution is 5.95. The molecule has 22 heavy (non-hydrogen) atoms. The van der Waals surface area contributed by atoms with Crippen LogP contribution in [0.1, 0.15) is 5.69 Å². The Hall–Kier alpha value is -3.02. The summed E-state index contributed by atoms with van der Waals surface area (Å²) in [7, 11) is 1.94. The van der Waals surface area contributed by atoms with Gasteiger partial charge in [0.15, 0.2) is 5.65 Å². The highest BCUT2D eigenvalue weighted by Gasteiger charge is 2.15. The number of aromatic nitrogens is 6. The molecule has 4 aromatic heterocycles. The summed E-state index contributed by atoms with van der Waals surface area (Å²) < 4.78 is 1.87. The van der Waals surface area contributed by atoms with Crippen molar-refractivity contribution in [2.24, 2.45) is 7.05 Å². The van der Waals surface area contributed by atoms with Crippen LogP contribution in [0.25, 0.3) is 33.4 Å². The Morgan fingerprint density at radius 3 is 2.64 bits per heavy atom. The smallest absolute Gasteiger partial charge is 0.178 e. The lowest BCUT2D eigenvalue weighted by Gasteiger charge is -2.09. The third-order valence-corrected chi connectivity index (χ3v) is 3.96. The van der Waals surface area contributed by atoms with Crippen LogP contribution in [-0.4, -0.2) is 29.7 Å². The zero-order valence-corrected chi connectivity index (χ0v) is 12.3. The number of hydrogen-bond acceptors (Lipinski definition) is 4. The molecular weight excluding hydrogens is 276 g/mol. The van der Waals surface area contributed by atoms with Gasteiger partial charge in [-0.05, 0) is 24.6 Å². The van der Waals surface area contributed by atoms with Crippen molar-refractivity contribution < 1.29 is 0 Å². The minimum absolute atomic E-state index is 0.711. The summed E-state index contributed by atoms with van der Waals surface area (Å²) in [5.74, 6) is 0. The molecule has 108 valence electrons. The molecule has 0 aliphatic rings. The maximum absolute atomic E-state index is 4.34. The molecule has 0 amide bonds. The van der Waals surface area contributed by atoms with E-state index in [9.17, 15) is 0 Å². The normalized spacial score (nSPS) is 11.2. The number of fused-ring (bicyclic) bond motifs is 1. The number of aromatic amines is 1. The molecule has 0 unspecified atom stereocenters. The molecule has 0 radical (unpaired) electrons. The van der Waals surface area contributed by atoms with Gasteiger partial charge in [0.25, 0.3) is 0 Å². The van der Waals surface area contributed by atoms with Crippen LogP contribution in [0.4, 0.5) is 0 Å². The SMILES string of the molecule is Cc1c(-c2cnccc2-c2ccnc3nc[nH]c23)cnn1C. The van der Waals surface area contributed by atoms with Crippen molar-refractivity contribution in [3.8, 4) is 22.3 Å². The molecule has 0 aromatic carbocycles. The quantitative estimate of drug-likeness (QED) is 0.616. The molecule has 6 heteroatoms. The Balaban J connectivity index is 2.01. The summed E-state index contributed by atoms with van der Waals surface area (Å²) in [4.78, 5) is 16.0. The minimum atomic E-state index is 0.711. The number of nitrogens with zero attached hydrogens (tertiary/aromatic N) is 5. The highest BCUT2D eigenvalue weighted by atomic mass is 15.3. The first kappa shape index (κ1) is 12.7. The molecule has 0 spiro atoms. The first-order valence-corrected chi connectivity index (χ1v) is 6.97. The zero-order chi connectivity index (χ0) is 15.1. The van der Waals surface area contributed by atoms with Crippen LogP contribution >= 0.6 is 0 Å². The van der Waals surface area contributed by atoms with E-state index in [1.54, 1.807) is 18.7 Å². The van der Waals surface area contributed by atoms with E-state index in [1.165, 1.54) is 0 Å². The maximum atomic E-state index is 4.34. The summed E-state index contributed by atoms with van der Waals surface area (Å²) in [5.41, 5.74) is 7.01. The van der Waals surface area contributed by atoms with Crippen molar-refractivity contribution in [2.45, 2.75) is 6.92 Å². The van der Waals surface area contributed by atoms with Crippen molar-refractivity contribution in [1.29, 1.82) is 0 Å². The molecule has 0 saturated heterocycles. The Labute approximate surface area is 126 Å². The summed E-state index contributed by atoms with van der Waals surface area (Å²) >= 11 is 0. The van der Waals surface area contributed by atoms with Crippen molar-refractivity contribution in [2.75, 3.05) is 0 Å². The fraction of sp³-hybridized carbons (Fsp3) is 0.125. The standard InChI is InChI=1S/C16H14N6/c1-10-13(8-21-22(10)2)14-7-17-5-3-11(14)12-4-6-18-16-15(12)19-9-20-16/h3-9H,1-2H3,(H,18,19,20). The van der Waals surface area contributed by atoms with E-state index < -0.39 is 0 Å². The van der Waals surface area contributed by atoms with Gasteiger partial charge in [-0.2, -0.15) is 5.10 Å². The monoisotopic (exact) mass is 290 g/mol. The van der Waals surface area contributed by atoms with Gasteiger partial charge in [0.05, 0.1) is 18.0 Å². The molecule has 4 aromatic rings. The average molecular weight is 290 g/mol. The van der Waals surface area contributed by atoms with E-state index in [4.69, 9.17) is 0 Å². The van der Waals surface area contributed by atoms with Crippen LogP contribution < -0.4 is 0 Å². The van der Waals surface area contributed by atoms with E-state index in [2.05, 4.69) is 32.0 Å². The highest BCUT2D eigenvalue weighted by Crippen LogP contribution is 2.35. The van der Waals surface area contributed by atoms with Gasteiger partial charge in [-0.15, -0.1) is 0 Å². The maximum Gasteiger partial charge on any atom is 0.178 e. The largest absolute Gasteiger partial charge is 0.343 e. The number of nitrogens with one attached hydrogen (secondary N) is 1. The lowest BCUT2D eigenvalue weighted by Crippen LogP contribution is -1.94. The number of pyridine rings is 2. The molecule has 0 aliphatic heterocycles. The fourth-order valence-electron chi connectivity index (χ4n) is 2.68. The lowest BCUT2D eigenvalue weighted by molar-refractivity contribution is 0.740. The third kappa shape index (κ3) is 1.81. The number of rotatable bonds is 2. The first-order valence-electron chi connectivity index (χ1n) is 6.97. The zero-order valence-electron chi connectivity index (χ0n) is 12.3. The van der Waals surface area contributed by atoms with Crippen LogP contribution in [0, 0.1) is 6.92 Å². The molecule has 0 bridgehead atoms. The topological polar surface area (TPSA) is 72.3 Å². The number of H-pyrrole nitrogens is 1. The van der Waals surface area contributed by atoms with E-state index in [-0.39, 0.29) is 0 Å². The summed E-state index contributed by atoms with van der Waals surface area (Å²) in [6, 6.07) is 4.00. The molecule has 6 nitrogen and oxygen atoms in total. The Morgan fingerprint density at radius 2 is 1.82 bits per heavy atom. The summed E-state index contributed by atoms with van der Waals surface area (Å²) in [5, 5.41) is 4.34. The van der Waals surface area contributed by atoms with E-state index in [0.29, 0.717) is 5.65 Å². The minimum Gasteiger partial charge on any atom is -0.343 e.